The van der Waals surface area contributed by atoms with Crippen molar-refractivity contribution in [2.75, 3.05) is 5.75 Å². The van der Waals surface area contributed by atoms with Gasteiger partial charge in [0.2, 0.25) is 0 Å². The SMILES string of the molecule is NC1=NC=NC2C1N=CN2C1C(F)=C(CS)C(O)C1O. The summed E-state index contributed by atoms with van der Waals surface area (Å²) in [7, 11) is 0. The minimum absolute atomic E-state index is 0.0342. The molecule has 5 atom stereocenters. The lowest BCUT2D eigenvalue weighted by atomic mass is 10.1. The maximum Gasteiger partial charge on any atom is 0.154 e. The molecule has 2 heterocycles. The number of nitrogens with zero attached hydrogens (tertiary/aromatic N) is 4. The van der Waals surface area contributed by atoms with Crippen LogP contribution in [0, 0.1) is 0 Å². The molecule has 20 heavy (non-hydrogen) atoms. The predicted octanol–water partition coefficient (Wildman–Crippen LogP) is -1.32. The van der Waals surface area contributed by atoms with Crippen LogP contribution < -0.4 is 5.73 Å². The number of hydrogen-bond acceptors (Lipinski definition) is 8. The third-order valence-electron chi connectivity index (χ3n) is 3.74. The van der Waals surface area contributed by atoms with Gasteiger partial charge >= 0.3 is 0 Å². The minimum atomic E-state index is -1.29. The lowest BCUT2D eigenvalue weighted by molar-refractivity contribution is 0.0136. The van der Waals surface area contributed by atoms with Crippen LogP contribution in [0.15, 0.2) is 26.4 Å². The molecule has 0 fully saturated rings. The standard InChI is InChI=1S/C11H14FN5O2S/c12-5-4(1-20)8(18)9(19)7(5)17-3-16-6-10(13)14-2-15-11(6)17/h2-3,6-9,11,18-20H,1H2,(H2,13,14,15). The molecule has 9 heteroatoms. The highest BCUT2D eigenvalue weighted by Gasteiger charge is 2.49. The van der Waals surface area contributed by atoms with Gasteiger partial charge in [-0.2, -0.15) is 12.6 Å². The molecule has 3 aliphatic rings. The van der Waals surface area contributed by atoms with Gasteiger partial charge in [-0.25, -0.2) is 14.4 Å². The molecule has 0 aromatic heterocycles. The highest BCUT2D eigenvalue weighted by Crippen LogP contribution is 2.35. The zero-order chi connectivity index (χ0) is 14.4. The maximum atomic E-state index is 14.4. The van der Waals surface area contributed by atoms with E-state index in [0.29, 0.717) is 0 Å². The Labute approximate surface area is 119 Å². The van der Waals surface area contributed by atoms with Gasteiger partial charge in [-0.3, -0.25) is 4.99 Å². The summed E-state index contributed by atoms with van der Waals surface area (Å²) in [5.41, 5.74) is 5.81. The third kappa shape index (κ3) is 1.77. The van der Waals surface area contributed by atoms with Crippen molar-refractivity contribution in [1.29, 1.82) is 0 Å². The van der Waals surface area contributed by atoms with Crippen LogP contribution in [0.1, 0.15) is 0 Å². The van der Waals surface area contributed by atoms with Crippen LogP contribution in [0.4, 0.5) is 4.39 Å². The number of fused-ring (bicyclic) bond motifs is 1. The molecule has 0 saturated heterocycles. The van der Waals surface area contributed by atoms with E-state index in [2.05, 4.69) is 27.6 Å². The molecule has 0 aromatic rings. The largest absolute Gasteiger partial charge is 0.387 e. The molecule has 1 aliphatic carbocycles. The van der Waals surface area contributed by atoms with Gasteiger partial charge in [0.05, 0.1) is 6.34 Å². The Balaban J connectivity index is 1.92. The summed E-state index contributed by atoms with van der Waals surface area (Å²) in [6, 6.07) is -1.52. The highest BCUT2D eigenvalue weighted by atomic mass is 32.1. The van der Waals surface area contributed by atoms with Gasteiger partial charge in [0.25, 0.3) is 0 Å². The third-order valence-corrected chi connectivity index (χ3v) is 4.08. The van der Waals surface area contributed by atoms with Crippen molar-refractivity contribution in [2.24, 2.45) is 20.7 Å². The summed E-state index contributed by atoms with van der Waals surface area (Å²) in [4.78, 5) is 13.6. The summed E-state index contributed by atoms with van der Waals surface area (Å²) in [6.07, 6.45) is -0.440. The van der Waals surface area contributed by atoms with E-state index in [1.807, 2.05) is 0 Å². The van der Waals surface area contributed by atoms with Gasteiger partial charge in [0, 0.05) is 11.3 Å². The predicted molar refractivity (Wildman–Crippen MR) is 75.8 cm³/mol. The summed E-state index contributed by atoms with van der Waals surface area (Å²) < 4.78 is 14.4. The first-order valence-electron chi connectivity index (χ1n) is 6.07. The number of halogens is 1. The van der Waals surface area contributed by atoms with Crippen molar-refractivity contribution in [3.8, 4) is 0 Å². The second kappa shape index (κ2) is 4.83. The Hall–Kier alpha value is -1.45. The van der Waals surface area contributed by atoms with E-state index in [9.17, 15) is 14.6 Å². The molecule has 0 saturated carbocycles. The van der Waals surface area contributed by atoms with Gasteiger partial charge in [-0.1, -0.05) is 0 Å². The molecule has 4 N–H and O–H groups in total. The van der Waals surface area contributed by atoms with Gasteiger partial charge in [-0.15, -0.1) is 0 Å². The average Bonchev–Trinajstić information content (AvgIpc) is 2.92. The monoisotopic (exact) mass is 299 g/mol. The Morgan fingerprint density at radius 2 is 2.15 bits per heavy atom. The van der Waals surface area contributed by atoms with E-state index >= 15 is 0 Å². The number of rotatable bonds is 2. The molecule has 0 aromatic carbocycles. The second-order valence-corrected chi connectivity index (χ2v) is 5.12. The molecule has 0 amide bonds. The number of aliphatic hydroxyl groups excluding tert-OH is 2. The highest BCUT2D eigenvalue weighted by molar-refractivity contribution is 7.80. The van der Waals surface area contributed by atoms with E-state index in [1.165, 1.54) is 17.6 Å². The molecule has 0 bridgehead atoms. The number of hydrogen-bond donors (Lipinski definition) is 4. The van der Waals surface area contributed by atoms with Crippen LogP contribution in [-0.4, -0.2) is 69.8 Å². The summed E-state index contributed by atoms with van der Waals surface area (Å²) in [6.45, 7) is 0. The van der Waals surface area contributed by atoms with E-state index in [4.69, 9.17) is 5.73 Å². The number of aliphatic imine (C=N–C) groups is 3. The van der Waals surface area contributed by atoms with Crippen LogP contribution in [-0.2, 0) is 0 Å². The van der Waals surface area contributed by atoms with Crippen molar-refractivity contribution >= 4 is 31.1 Å². The normalized spacial score (nSPS) is 39.5. The Bertz CT molecular complexity index is 549. The number of thiol groups is 1. The number of amidine groups is 1. The van der Waals surface area contributed by atoms with Gasteiger partial charge < -0.3 is 20.8 Å². The lowest BCUT2D eigenvalue weighted by Gasteiger charge is -2.32. The first-order valence-corrected chi connectivity index (χ1v) is 6.70. The summed E-state index contributed by atoms with van der Waals surface area (Å²) in [5, 5.41) is 19.9. The summed E-state index contributed by atoms with van der Waals surface area (Å²) >= 11 is 3.98. The van der Waals surface area contributed by atoms with Crippen molar-refractivity contribution in [2.45, 2.75) is 30.5 Å². The number of aliphatic hydroxyl groups is 2. The maximum absolute atomic E-state index is 14.4. The van der Waals surface area contributed by atoms with Crippen LogP contribution in [0.5, 0.6) is 0 Å². The fourth-order valence-corrected chi connectivity index (χ4v) is 3.00. The Morgan fingerprint density at radius 1 is 1.40 bits per heavy atom. The first kappa shape index (κ1) is 13.5. The first-order chi connectivity index (χ1) is 9.56. The lowest BCUT2D eigenvalue weighted by Crippen LogP contribution is -2.51. The Morgan fingerprint density at radius 3 is 2.80 bits per heavy atom. The summed E-state index contributed by atoms with van der Waals surface area (Å²) in [5.74, 6) is -0.272. The molecule has 0 spiro atoms. The van der Waals surface area contributed by atoms with Crippen molar-refractivity contribution in [1.82, 2.24) is 4.90 Å². The molecule has 3 rings (SSSR count). The molecule has 0 radical (unpaired) electrons. The molecule has 5 unspecified atom stereocenters. The van der Waals surface area contributed by atoms with Crippen LogP contribution in [0.3, 0.4) is 0 Å². The van der Waals surface area contributed by atoms with Crippen molar-refractivity contribution < 1.29 is 14.6 Å². The zero-order valence-electron chi connectivity index (χ0n) is 10.3. The molecular weight excluding hydrogens is 285 g/mol. The van der Waals surface area contributed by atoms with Crippen molar-refractivity contribution in [3.63, 3.8) is 0 Å². The fourth-order valence-electron chi connectivity index (χ4n) is 2.66. The van der Waals surface area contributed by atoms with E-state index in [-0.39, 0.29) is 17.2 Å². The van der Waals surface area contributed by atoms with Crippen LogP contribution in [0.2, 0.25) is 0 Å². The van der Waals surface area contributed by atoms with Gasteiger partial charge in [0.15, 0.2) is 6.17 Å². The van der Waals surface area contributed by atoms with E-state index in [0.717, 1.165) is 0 Å². The van der Waals surface area contributed by atoms with Crippen molar-refractivity contribution in [3.05, 3.63) is 11.4 Å². The zero-order valence-corrected chi connectivity index (χ0v) is 11.2. The number of nitrogens with two attached hydrogens (primary N) is 1. The molecular formula is C11H14FN5O2S. The fraction of sp³-hybridized carbons (Fsp3) is 0.545. The Kier molecular flexibility index (Phi) is 3.27. The van der Waals surface area contributed by atoms with Crippen LogP contribution in [0.25, 0.3) is 0 Å². The molecule has 7 nitrogen and oxygen atoms in total. The van der Waals surface area contributed by atoms with Gasteiger partial charge in [-0.05, 0) is 0 Å². The molecule has 108 valence electrons. The smallest absolute Gasteiger partial charge is 0.154 e. The second-order valence-electron chi connectivity index (χ2n) is 4.80. The topological polar surface area (TPSA) is 107 Å². The average molecular weight is 299 g/mol. The quantitative estimate of drug-likeness (QED) is 0.475. The molecule has 2 aliphatic heterocycles. The van der Waals surface area contributed by atoms with Gasteiger partial charge in [0.1, 0.15) is 42.3 Å². The minimum Gasteiger partial charge on any atom is -0.387 e. The van der Waals surface area contributed by atoms with Crippen LogP contribution >= 0.6 is 12.6 Å². The van der Waals surface area contributed by atoms with E-state index < -0.39 is 36.3 Å². The van der Waals surface area contributed by atoms with E-state index in [1.54, 1.807) is 0 Å².